The zero-order chi connectivity index (χ0) is 17.1. The van der Waals surface area contributed by atoms with Gasteiger partial charge in [-0.2, -0.15) is 0 Å². The maximum Gasteiger partial charge on any atom is 0.254 e. The van der Waals surface area contributed by atoms with Crippen molar-refractivity contribution >= 4 is 24.1 Å². The van der Waals surface area contributed by atoms with Crippen LogP contribution in [0.3, 0.4) is 0 Å². The van der Waals surface area contributed by atoms with Crippen LogP contribution in [0.2, 0.25) is 0 Å². The molecule has 3 rings (SSSR count). The molecule has 132 valence electrons. The average molecular weight is 363 g/mol. The summed E-state index contributed by atoms with van der Waals surface area (Å²) in [5.41, 5.74) is 6.95. The number of likely N-dealkylation sites (tertiary alicyclic amines) is 1. The van der Waals surface area contributed by atoms with E-state index < -0.39 is 5.82 Å². The molecule has 0 radical (unpaired) electrons. The van der Waals surface area contributed by atoms with Gasteiger partial charge in [0.05, 0.1) is 5.56 Å². The summed E-state index contributed by atoms with van der Waals surface area (Å²) in [6.45, 7) is 1.19. The lowest BCUT2D eigenvalue weighted by atomic mass is 9.96. The number of rotatable bonds is 3. The van der Waals surface area contributed by atoms with Crippen molar-refractivity contribution in [2.45, 2.75) is 18.9 Å². The van der Waals surface area contributed by atoms with Gasteiger partial charge in [-0.05, 0) is 43.2 Å². The van der Waals surface area contributed by atoms with Crippen molar-refractivity contribution in [3.8, 4) is 0 Å². The van der Waals surface area contributed by atoms with Crippen molar-refractivity contribution in [1.82, 2.24) is 4.90 Å². The Hall–Kier alpha value is -2.24. The zero-order valence-electron chi connectivity index (χ0n) is 13.7. The standard InChI is InChI=1S/C19H19FN2O2.ClH/c20-14-7-5-13(6-8-14)18(23)16-3-1-2-4-17(16)19(24)22-11-9-15(21)10-12-22;/h1-8,15H,9-12,21H2;1H. The van der Waals surface area contributed by atoms with E-state index in [0.29, 0.717) is 29.8 Å². The van der Waals surface area contributed by atoms with Gasteiger partial charge in [0, 0.05) is 30.3 Å². The first kappa shape index (κ1) is 19.1. The first-order chi connectivity index (χ1) is 11.6. The summed E-state index contributed by atoms with van der Waals surface area (Å²) in [7, 11) is 0. The van der Waals surface area contributed by atoms with Crippen molar-refractivity contribution in [3.63, 3.8) is 0 Å². The van der Waals surface area contributed by atoms with Crippen LogP contribution < -0.4 is 5.73 Å². The molecule has 1 heterocycles. The van der Waals surface area contributed by atoms with Gasteiger partial charge < -0.3 is 10.6 Å². The third-order valence-corrected chi connectivity index (χ3v) is 4.34. The minimum atomic E-state index is -0.402. The highest BCUT2D eigenvalue weighted by molar-refractivity contribution is 6.15. The summed E-state index contributed by atoms with van der Waals surface area (Å²) in [6.07, 6.45) is 1.53. The highest BCUT2D eigenvalue weighted by atomic mass is 35.5. The first-order valence-electron chi connectivity index (χ1n) is 8.00. The van der Waals surface area contributed by atoms with Gasteiger partial charge in [0.1, 0.15) is 5.82 Å². The normalized spacial score (nSPS) is 14.7. The van der Waals surface area contributed by atoms with Gasteiger partial charge in [-0.3, -0.25) is 9.59 Å². The molecular weight excluding hydrogens is 343 g/mol. The minimum absolute atomic E-state index is 0. The zero-order valence-corrected chi connectivity index (χ0v) is 14.5. The number of hydrogen-bond acceptors (Lipinski definition) is 3. The maximum atomic E-state index is 13.1. The van der Waals surface area contributed by atoms with E-state index in [2.05, 4.69) is 0 Å². The molecule has 1 fully saturated rings. The number of piperidine rings is 1. The Balaban J connectivity index is 0.00000225. The predicted molar refractivity (Wildman–Crippen MR) is 96.6 cm³/mol. The summed E-state index contributed by atoms with van der Waals surface area (Å²) in [6, 6.07) is 12.2. The monoisotopic (exact) mass is 362 g/mol. The number of hydrogen-bond donors (Lipinski definition) is 1. The molecule has 2 aromatic rings. The number of halogens is 2. The summed E-state index contributed by atoms with van der Waals surface area (Å²) in [5.74, 6) is -0.846. The predicted octanol–water partition coefficient (Wildman–Crippen LogP) is 3.04. The SMILES string of the molecule is Cl.NC1CCN(C(=O)c2ccccc2C(=O)c2ccc(F)cc2)CC1. The van der Waals surface area contributed by atoms with Crippen LogP contribution in [0.1, 0.15) is 39.1 Å². The van der Waals surface area contributed by atoms with Gasteiger partial charge in [0.15, 0.2) is 5.78 Å². The molecule has 0 bridgehead atoms. The van der Waals surface area contributed by atoms with E-state index in [4.69, 9.17) is 5.73 Å². The van der Waals surface area contributed by atoms with E-state index in [1.165, 1.54) is 24.3 Å². The molecule has 6 heteroatoms. The van der Waals surface area contributed by atoms with Gasteiger partial charge >= 0.3 is 0 Å². The number of ketones is 1. The fourth-order valence-electron chi connectivity index (χ4n) is 2.90. The molecule has 0 aliphatic carbocycles. The second-order valence-corrected chi connectivity index (χ2v) is 6.01. The Kier molecular flexibility index (Phi) is 6.28. The van der Waals surface area contributed by atoms with Crippen LogP contribution in [0.4, 0.5) is 4.39 Å². The van der Waals surface area contributed by atoms with Crippen molar-refractivity contribution in [1.29, 1.82) is 0 Å². The Morgan fingerprint density at radius 3 is 2.12 bits per heavy atom. The Morgan fingerprint density at radius 1 is 0.960 bits per heavy atom. The van der Waals surface area contributed by atoms with Crippen LogP contribution in [-0.2, 0) is 0 Å². The Morgan fingerprint density at radius 2 is 1.52 bits per heavy atom. The summed E-state index contributed by atoms with van der Waals surface area (Å²) in [5, 5.41) is 0. The number of amides is 1. The van der Waals surface area contributed by atoms with E-state index in [9.17, 15) is 14.0 Å². The molecule has 0 saturated carbocycles. The number of nitrogens with two attached hydrogens (primary N) is 1. The van der Waals surface area contributed by atoms with Crippen LogP contribution >= 0.6 is 12.4 Å². The minimum Gasteiger partial charge on any atom is -0.339 e. The van der Waals surface area contributed by atoms with Crippen LogP contribution in [-0.4, -0.2) is 35.7 Å². The van der Waals surface area contributed by atoms with E-state index in [1.54, 1.807) is 29.2 Å². The molecule has 0 spiro atoms. The van der Waals surface area contributed by atoms with Gasteiger partial charge in [-0.1, -0.05) is 18.2 Å². The highest BCUT2D eigenvalue weighted by Crippen LogP contribution is 2.19. The summed E-state index contributed by atoms with van der Waals surface area (Å²) >= 11 is 0. The molecule has 0 unspecified atom stereocenters. The molecule has 2 aromatic carbocycles. The van der Waals surface area contributed by atoms with E-state index in [1.807, 2.05) is 0 Å². The van der Waals surface area contributed by atoms with Crippen LogP contribution in [0.15, 0.2) is 48.5 Å². The summed E-state index contributed by atoms with van der Waals surface area (Å²) < 4.78 is 13.1. The smallest absolute Gasteiger partial charge is 0.254 e. The molecule has 25 heavy (non-hydrogen) atoms. The number of nitrogens with zero attached hydrogens (tertiary/aromatic N) is 1. The van der Waals surface area contributed by atoms with Gasteiger partial charge in [-0.25, -0.2) is 4.39 Å². The maximum absolute atomic E-state index is 13.1. The second kappa shape index (κ2) is 8.23. The van der Waals surface area contributed by atoms with Crippen LogP contribution in [0, 0.1) is 5.82 Å². The molecule has 1 saturated heterocycles. The Bertz CT molecular complexity index is 756. The fourth-order valence-corrected chi connectivity index (χ4v) is 2.90. The molecule has 2 N–H and O–H groups in total. The number of benzene rings is 2. The third kappa shape index (κ3) is 4.24. The molecule has 1 aliphatic heterocycles. The van der Waals surface area contributed by atoms with Crippen molar-refractivity contribution in [2.75, 3.05) is 13.1 Å². The molecule has 0 aromatic heterocycles. The second-order valence-electron chi connectivity index (χ2n) is 6.01. The quantitative estimate of drug-likeness (QED) is 0.853. The van der Waals surface area contributed by atoms with E-state index >= 15 is 0 Å². The third-order valence-electron chi connectivity index (χ3n) is 4.34. The highest BCUT2D eigenvalue weighted by Gasteiger charge is 2.25. The van der Waals surface area contributed by atoms with Gasteiger partial charge in [-0.15, -0.1) is 12.4 Å². The van der Waals surface area contributed by atoms with E-state index in [-0.39, 0.29) is 30.1 Å². The van der Waals surface area contributed by atoms with Crippen molar-refractivity contribution in [3.05, 3.63) is 71.0 Å². The average Bonchev–Trinajstić information content (AvgIpc) is 2.62. The van der Waals surface area contributed by atoms with Crippen LogP contribution in [0.25, 0.3) is 0 Å². The van der Waals surface area contributed by atoms with Gasteiger partial charge in [0.2, 0.25) is 0 Å². The van der Waals surface area contributed by atoms with Crippen molar-refractivity contribution in [2.24, 2.45) is 5.73 Å². The van der Waals surface area contributed by atoms with Gasteiger partial charge in [0.25, 0.3) is 5.91 Å². The molecule has 1 amide bonds. The fraction of sp³-hybridized carbons (Fsp3) is 0.263. The lowest BCUT2D eigenvalue weighted by Gasteiger charge is -2.30. The number of carbonyl (C=O) groups is 2. The molecule has 1 aliphatic rings. The molecule has 4 nitrogen and oxygen atoms in total. The summed E-state index contributed by atoms with van der Waals surface area (Å²) in [4.78, 5) is 27.2. The lowest BCUT2D eigenvalue weighted by molar-refractivity contribution is 0.0711. The molecular formula is C19H20ClFN2O2. The topological polar surface area (TPSA) is 63.4 Å². The number of carbonyl (C=O) groups excluding carboxylic acids is 2. The lowest BCUT2D eigenvalue weighted by Crippen LogP contribution is -2.43. The van der Waals surface area contributed by atoms with Crippen LogP contribution in [0.5, 0.6) is 0 Å². The largest absolute Gasteiger partial charge is 0.339 e. The first-order valence-corrected chi connectivity index (χ1v) is 8.00. The van der Waals surface area contributed by atoms with E-state index in [0.717, 1.165) is 12.8 Å². The van der Waals surface area contributed by atoms with Crippen molar-refractivity contribution < 1.29 is 14.0 Å². The molecule has 0 atom stereocenters. The Labute approximate surface area is 152 Å².